The minimum absolute atomic E-state index is 0.0237. The van der Waals surface area contributed by atoms with Gasteiger partial charge in [-0.25, -0.2) is 0 Å². The molecule has 0 saturated heterocycles. The van der Waals surface area contributed by atoms with Gasteiger partial charge in [0.2, 0.25) is 0 Å². The lowest BCUT2D eigenvalue weighted by Crippen LogP contribution is -2.32. The van der Waals surface area contributed by atoms with Crippen molar-refractivity contribution in [2.24, 2.45) is 5.92 Å². The number of nitrogens with one attached hydrogen (secondary N) is 1. The van der Waals surface area contributed by atoms with Gasteiger partial charge in [-0.1, -0.05) is 26.8 Å². The Morgan fingerprint density at radius 3 is 2.58 bits per heavy atom. The van der Waals surface area contributed by atoms with Gasteiger partial charge in [0.1, 0.15) is 11.6 Å². The number of amides is 1. The predicted octanol–water partition coefficient (Wildman–Crippen LogP) is 3.55. The minimum Gasteiger partial charge on any atom is -0.493 e. The topological polar surface area (TPSA) is 71.4 Å². The van der Waals surface area contributed by atoms with E-state index in [2.05, 4.69) is 19.2 Å². The second-order valence-corrected chi connectivity index (χ2v) is 6.07. The molecule has 0 fully saturated rings. The van der Waals surface area contributed by atoms with Crippen LogP contribution in [0.1, 0.15) is 39.7 Å². The van der Waals surface area contributed by atoms with E-state index in [9.17, 15) is 10.1 Å². The molecule has 0 aliphatic carbocycles. The Bertz CT molecular complexity index is 630. The monoisotopic (exact) mass is 330 g/mol. The summed E-state index contributed by atoms with van der Waals surface area (Å²) in [7, 11) is 1.56. The smallest absolute Gasteiger partial charge is 0.262 e. The lowest BCUT2D eigenvalue weighted by Gasteiger charge is -2.13. The molecule has 0 unspecified atom stereocenters. The number of carbonyl (C=O) groups is 1. The van der Waals surface area contributed by atoms with E-state index in [-0.39, 0.29) is 17.5 Å². The Kier molecular flexibility index (Phi) is 7.84. The molecule has 24 heavy (non-hydrogen) atoms. The normalized spacial score (nSPS) is 12.5. The number of ether oxygens (including phenoxy) is 2. The fourth-order valence-electron chi connectivity index (χ4n) is 1.87. The fraction of sp³-hybridized carbons (Fsp3) is 0.474. The summed E-state index contributed by atoms with van der Waals surface area (Å²) in [6.45, 7) is 8.60. The highest BCUT2D eigenvalue weighted by atomic mass is 16.5. The van der Waals surface area contributed by atoms with Crippen molar-refractivity contribution >= 4 is 12.0 Å². The van der Waals surface area contributed by atoms with Gasteiger partial charge >= 0.3 is 0 Å². The fourth-order valence-corrected chi connectivity index (χ4v) is 1.87. The molecule has 0 aliphatic heterocycles. The maximum atomic E-state index is 12.1. The molecule has 0 bridgehead atoms. The molecule has 1 rings (SSSR count). The highest BCUT2D eigenvalue weighted by molar-refractivity contribution is 6.01. The molecule has 5 heteroatoms. The molecule has 130 valence electrons. The van der Waals surface area contributed by atoms with Crippen LogP contribution in [-0.2, 0) is 4.79 Å². The van der Waals surface area contributed by atoms with Crippen molar-refractivity contribution in [2.75, 3.05) is 13.7 Å². The van der Waals surface area contributed by atoms with Crippen molar-refractivity contribution in [3.63, 3.8) is 0 Å². The summed E-state index contributed by atoms with van der Waals surface area (Å²) >= 11 is 0. The SMILES string of the molecule is CC[C@H](C)NC(=O)/C(C#N)=C/c1ccc(OCC(C)C)c(OC)c1. The van der Waals surface area contributed by atoms with E-state index in [0.29, 0.717) is 29.6 Å². The number of nitrogens with zero attached hydrogens (tertiary/aromatic N) is 1. The number of benzene rings is 1. The Hall–Kier alpha value is -2.48. The summed E-state index contributed by atoms with van der Waals surface area (Å²) < 4.78 is 11.0. The van der Waals surface area contributed by atoms with Crippen molar-refractivity contribution < 1.29 is 14.3 Å². The molecule has 1 aromatic rings. The molecule has 1 N–H and O–H groups in total. The molecule has 0 saturated carbocycles. The van der Waals surface area contributed by atoms with Gasteiger partial charge in [-0.05, 0) is 43.0 Å². The van der Waals surface area contributed by atoms with Crippen molar-refractivity contribution in [3.8, 4) is 17.6 Å². The van der Waals surface area contributed by atoms with Gasteiger partial charge in [0.25, 0.3) is 5.91 Å². The Balaban J connectivity index is 2.99. The lowest BCUT2D eigenvalue weighted by atomic mass is 10.1. The van der Waals surface area contributed by atoms with Crippen LogP contribution < -0.4 is 14.8 Å². The second-order valence-electron chi connectivity index (χ2n) is 6.07. The highest BCUT2D eigenvalue weighted by Crippen LogP contribution is 2.29. The van der Waals surface area contributed by atoms with Crippen molar-refractivity contribution in [1.82, 2.24) is 5.32 Å². The molecule has 0 aromatic heterocycles. The van der Waals surface area contributed by atoms with Crippen molar-refractivity contribution in [2.45, 2.75) is 40.2 Å². The van der Waals surface area contributed by atoms with E-state index in [4.69, 9.17) is 9.47 Å². The van der Waals surface area contributed by atoms with Crippen LogP contribution >= 0.6 is 0 Å². The molecule has 0 heterocycles. The minimum atomic E-state index is -0.369. The number of hydrogen-bond acceptors (Lipinski definition) is 4. The molecule has 0 spiro atoms. The summed E-state index contributed by atoms with van der Waals surface area (Å²) in [4.78, 5) is 12.1. The van der Waals surface area contributed by atoms with Crippen LogP contribution in [0.3, 0.4) is 0 Å². The van der Waals surface area contributed by atoms with Crippen molar-refractivity contribution in [3.05, 3.63) is 29.3 Å². The maximum absolute atomic E-state index is 12.1. The van der Waals surface area contributed by atoms with Gasteiger partial charge in [0, 0.05) is 6.04 Å². The highest BCUT2D eigenvalue weighted by Gasteiger charge is 2.12. The standard InChI is InChI=1S/C19H26N2O3/c1-6-14(4)21-19(22)16(11-20)9-15-7-8-17(18(10-15)23-5)24-12-13(2)3/h7-10,13-14H,6,12H2,1-5H3,(H,21,22)/b16-9+/t14-/m0/s1. The van der Waals surface area contributed by atoms with Crippen LogP contribution in [0.4, 0.5) is 0 Å². The summed E-state index contributed by atoms with van der Waals surface area (Å²) in [5.74, 6) is 1.25. The average Bonchev–Trinajstić information content (AvgIpc) is 2.57. The third-order valence-corrected chi connectivity index (χ3v) is 3.43. The molecule has 1 atom stereocenters. The van der Waals surface area contributed by atoms with Gasteiger partial charge in [0.05, 0.1) is 13.7 Å². The third kappa shape index (κ3) is 5.96. The number of methoxy groups -OCH3 is 1. The van der Waals surface area contributed by atoms with Gasteiger partial charge in [0.15, 0.2) is 11.5 Å². The zero-order valence-electron chi connectivity index (χ0n) is 15.1. The van der Waals surface area contributed by atoms with E-state index in [0.717, 1.165) is 6.42 Å². The Morgan fingerprint density at radius 1 is 1.33 bits per heavy atom. The molecule has 0 aliphatic rings. The van der Waals surface area contributed by atoms with E-state index < -0.39 is 0 Å². The largest absolute Gasteiger partial charge is 0.493 e. The van der Waals surface area contributed by atoms with Gasteiger partial charge < -0.3 is 14.8 Å². The molecule has 1 amide bonds. The van der Waals surface area contributed by atoms with E-state index >= 15 is 0 Å². The van der Waals surface area contributed by atoms with Crippen LogP contribution in [0.15, 0.2) is 23.8 Å². The summed E-state index contributed by atoms with van der Waals surface area (Å²) in [5, 5.41) is 12.0. The van der Waals surface area contributed by atoms with Gasteiger partial charge in [-0.15, -0.1) is 0 Å². The van der Waals surface area contributed by atoms with Crippen LogP contribution in [0.25, 0.3) is 6.08 Å². The lowest BCUT2D eigenvalue weighted by molar-refractivity contribution is -0.117. The van der Waals surface area contributed by atoms with Crippen LogP contribution in [0.2, 0.25) is 0 Å². The Morgan fingerprint density at radius 2 is 2.04 bits per heavy atom. The molecular formula is C19H26N2O3. The van der Waals surface area contributed by atoms with E-state index in [1.165, 1.54) is 0 Å². The Labute approximate surface area is 144 Å². The first-order valence-corrected chi connectivity index (χ1v) is 8.14. The molecule has 5 nitrogen and oxygen atoms in total. The summed E-state index contributed by atoms with van der Waals surface area (Å²) in [6.07, 6.45) is 2.35. The second kappa shape index (κ2) is 9.61. The quantitative estimate of drug-likeness (QED) is 0.584. The first kappa shape index (κ1) is 19.6. The molecule has 1 aromatic carbocycles. The van der Waals surface area contributed by atoms with Crippen molar-refractivity contribution in [1.29, 1.82) is 5.26 Å². The first-order valence-electron chi connectivity index (χ1n) is 8.14. The van der Waals surface area contributed by atoms with E-state index in [1.54, 1.807) is 31.4 Å². The summed E-state index contributed by atoms with van der Waals surface area (Å²) in [5.41, 5.74) is 0.771. The average molecular weight is 330 g/mol. The van der Waals surface area contributed by atoms with Crippen LogP contribution in [0.5, 0.6) is 11.5 Å². The van der Waals surface area contributed by atoms with Gasteiger partial charge in [-0.3, -0.25) is 4.79 Å². The number of rotatable bonds is 8. The maximum Gasteiger partial charge on any atom is 0.262 e. The van der Waals surface area contributed by atoms with E-state index in [1.807, 2.05) is 19.9 Å². The van der Waals surface area contributed by atoms with Gasteiger partial charge in [-0.2, -0.15) is 5.26 Å². The first-order chi connectivity index (χ1) is 11.4. The summed E-state index contributed by atoms with van der Waals surface area (Å²) in [6, 6.07) is 7.31. The number of nitriles is 1. The molecular weight excluding hydrogens is 304 g/mol. The molecule has 0 radical (unpaired) electrons. The third-order valence-electron chi connectivity index (χ3n) is 3.43. The number of carbonyl (C=O) groups excluding carboxylic acids is 1. The van der Waals surface area contributed by atoms with Crippen LogP contribution in [-0.4, -0.2) is 25.7 Å². The zero-order valence-corrected chi connectivity index (χ0v) is 15.1. The predicted molar refractivity (Wildman–Crippen MR) is 94.8 cm³/mol. The zero-order chi connectivity index (χ0) is 18.1. The van der Waals surface area contributed by atoms with Crippen LogP contribution in [0, 0.1) is 17.2 Å². The number of hydrogen-bond donors (Lipinski definition) is 1.